The Labute approximate surface area is 516 Å². The molecule has 0 saturated heterocycles. The molecule has 448 valence electrons. The number of nitrogens with zero attached hydrogens (tertiary/aromatic N) is 1. The van der Waals surface area contributed by atoms with Crippen LogP contribution in [-0.4, -0.2) is 42.3 Å². The van der Waals surface area contributed by atoms with Crippen molar-refractivity contribution in [2.75, 3.05) is 0 Å². The van der Waals surface area contributed by atoms with E-state index in [0.717, 1.165) is 63.2 Å². The minimum Gasteiger partial charge on any atom is -1.00 e. The first-order valence-corrected chi connectivity index (χ1v) is 36.0. The predicted molar refractivity (Wildman–Crippen MR) is 341 cm³/mol. The number of halogens is 2. The molecule has 0 atom stereocenters. The Balaban J connectivity index is 0.000000198. The van der Waals surface area contributed by atoms with Crippen LogP contribution in [-0.2, 0) is 52.3 Å². The Kier molecular flexibility index (Phi) is 29.3. The summed E-state index contributed by atoms with van der Waals surface area (Å²) in [6, 6.07) is 61.4. The fourth-order valence-corrected chi connectivity index (χ4v) is 17.2. The maximum Gasteiger partial charge on any atom is 0.353 e. The molecule has 6 aromatic rings. The summed E-state index contributed by atoms with van der Waals surface area (Å²) in [7, 11) is -4.52. The van der Waals surface area contributed by atoms with E-state index < -0.39 is 19.6 Å². The van der Waals surface area contributed by atoms with E-state index in [1.165, 1.54) is 96.2 Å². The van der Waals surface area contributed by atoms with Gasteiger partial charge in [0.15, 0.2) is 39.7 Å². The van der Waals surface area contributed by atoms with Gasteiger partial charge in [-0.3, -0.25) is 4.55 Å². The fraction of sp³-hybridized carbons (Fsp3) is 0.478. The average Bonchev–Trinajstić information content (AvgIpc) is 3.55. The number of benzene rings is 6. The van der Waals surface area contributed by atoms with E-state index in [0.29, 0.717) is 0 Å². The molecular formula is C69H93BrClNO6S4. The van der Waals surface area contributed by atoms with Crippen molar-refractivity contribution in [2.45, 2.75) is 229 Å². The summed E-state index contributed by atoms with van der Waals surface area (Å²) in [4.78, 5) is 8.19. The highest BCUT2D eigenvalue weighted by Crippen LogP contribution is 2.37. The van der Waals surface area contributed by atoms with Crippen LogP contribution in [0.5, 0.6) is 0 Å². The lowest BCUT2D eigenvalue weighted by atomic mass is 9.78. The molecule has 4 saturated carbocycles. The maximum atomic E-state index is 11.5. The first kappa shape index (κ1) is 69.3. The van der Waals surface area contributed by atoms with Crippen molar-refractivity contribution < 1.29 is 42.9 Å². The van der Waals surface area contributed by atoms with Gasteiger partial charge < -0.3 is 21.5 Å². The van der Waals surface area contributed by atoms with Crippen molar-refractivity contribution in [2.24, 2.45) is 11.8 Å². The second-order valence-electron chi connectivity index (χ2n) is 24.4. The molecule has 0 radical (unpaired) electrons. The highest BCUT2D eigenvalue weighted by atomic mass is 79.9. The molecule has 0 aromatic heterocycles. The standard InChI is InChI=1S/2C22H23S.C13H24.C12H23NO3S.BrH.ClHO3S/c2*1-22(2,3)18-14-16-21(17-15-18)23(19-10-6-4-7-11-19)20-12-8-5-9-13-20;1-3-7-12(8-4-1)11-13-9-5-2-6-10-13;14-17(15,16)13(11-7-3-1-4-8-11)12-9-5-2-6-10-12;;1-5(2,3)4/h2*4-17H,1-3H3;12-13H,1-11H2;11-12H,1-10H2,(H,14,15,16);1H;(H,2,3,4)/q2*+1;;;;/p-2. The topological polar surface area (TPSA) is 115 Å². The molecular weight excluding hydrogens is 1180 g/mol. The van der Waals surface area contributed by atoms with Gasteiger partial charge in [-0.2, -0.15) is 8.42 Å². The van der Waals surface area contributed by atoms with Crippen LogP contribution in [0.25, 0.3) is 0 Å². The molecule has 82 heavy (non-hydrogen) atoms. The monoisotopic (exact) mass is 1270 g/mol. The molecule has 0 heterocycles. The highest BCUT2D eigenvalue weighted by Gasteiger charge is 2.34. The van der Waals surface area contributed by atoms with Gasteiger partial charge in [0.2, 0.25) is 0 Å². The van der Waals surface area contributed by atoms with Gasteiger partial charge in [-0.15, -0.1) is 0 Å². The Hall–Kier alpha value is -3.43. The van der Waals surface area contributed by atoms with Gasteiger partial charge in [-0.25, -0.2) is 12.7 Å². The quantitative estimate of drug-likeness (QED) is 0.0785. The molecule has 6 aromatic carbocycles. The average molecular weight is 1280 g/mol. The number of hydrogen-bond acceptors (Lipinski definition) is 5. The molecule has 0 spiro atoms. The molecule has 7 nitrogen and oxygen atoms in total. The van der Waals surface area contributed by atoms with Crippen molar-refractivity contribution in [1.82, 2.24) is 4.31 Å². The van der Waals surface area contributed by atoms with E-state index in [1.54, 1.807) is 32.1 Å². The van der Waals surface area contributed by atoms with Crippen LogP contribution in [0.15, 0.2) is 199 Å². The number of rotatable bonds is 11. The summed E-state index contributed by atoms with van der Waals surface area (Å²) in [5.41, 5.74) is 3.14. The van der Waals surface area contributed by atoms with Crippen LogP contribution in [0.3, 0.4) is 0 Å². The fourth-order valence-electron chi connectivity index (χ4n) is 11.9. The molecule has 4 fully saturated rings. The van der Waals surface area contributed by atoms with E-state index in [9.17, 15) is 13.0 Å². The SMILES string of the molecule is C1CCC(CC2CCCCC2)CC1.CC(C)(C)c1ccc([S+](c2ccccc2)c2ccccc2)cc1.CC(C)(C)c1ccc([S+](c2ccccc2)c2ccccc2)cc1.O=S(=O)(O)Cl.O=S(=O)([O-])N(C1CCCCC1)C1CCCCC1.[Br-]. The Morgan fingerprint density at radius 3 is 0.854 bits per heavy atom. The normalized spacial score (nSPS) is 16.9. The van der Waals surface area contributed by atoms with E-state index in [-0.39, 0.29) is 61.7 Å². The summed E-state index contributed by atoms with van der Waals surface area (Å²) in [5.74, 6) is 2.24. The Bertz CT molecular complexity index is 2650. The molecule has 0 aliphatic heterocycles. The minimum absolute atomic E-state index is 0. The highest BCUT2D eigenvalue weighted by molar-refractivity contribution is 8.09. The van der Waals surface area contributed by atoms with Crippen LogP contribution in [0.1, 0.15) is 188 Å². The predicted octanol–water partition coefficient (Wildman–Crippen LogP) is 16.1. The first-order chi connectivity index (χ1) is 38.6. The lowest BCUT2D eigenvalue weighted by molar-refractivity contribution is -0.0000272. The molecule has 13 heteroatoms. The van der Waals surface area contributed by atoms with Crippen molar-refractivity contribution in [1.29, 1.82) is 0 Å². The molecule has 0 bridgehead atoms. The Morgan fingerprint density at radius 2 is 0.634 bits per heavy atom. The van der Waals surface area contributed by atoms with Crippen molar-refractivity contribution in [3.05, 3.63) is 181 Å². The van der Waals surface area contributed by atoms with Crippen LogP contribution in [0.4, 0.5) is 0 Å². The minimum atomic E-state index is -4.28. The lowest BCUT2D eigenvalue weighted by Gasteiger charge is -2.42. The first-order valence-electron chi connectivity index (χ1n) is 30.0. The van der Waals surface area contributed by atoms with Crippen LogP contribution in [0, 0.1) is 11.8 Å². The van der Waals surface area contributed by atoms with Crippen LogP contribution >= 0.6 is 10.7 Å². The van der Waals surface area contributed by atoms with E-state index in [4.69, 9.17) is 13.0 Å². The van der Waals surface area contributed by atoms with Crippen LogP contribution in [0.2, 0.25) is 0 Å². The zero-order valence-corrected chi connectivity index (χ0v) is 55.3. The van der Waals surface area contributed by atoms with E-state index in [1.807, 2.05) is 0 Å². The smallest absolute Gasteiger partial charge is 0.353 e. The molecule has 0 amide bonds. The van der Waals surface area contributed by atoms with E-state index >= 15 is 0 Å². The summed E-state index contributed by atoms with van der Waals surface area (Å²) >= 11 is 0. The Morgan fingerprint density at radius 1 is 0.415 bits per heavy atom. The second kappa shape index (κ2) is 34.6. The molecule has 0 unspecified atom stereocenters. The third kappa shape index (κ3) is 24.1. The van der Waals surface area contributed by atoms with Crippen molar-refractivity contribution in [3.63, 3.8) is 0 Å². The number of hydrogen-bond donors (Lipinski definition) is 1. The maximum absolute atomic E-state index is 11.5. The van der Waals surface area contributed by atoms with Gasteiger partial charge in [0.25, 0.3) is 0 Å². The van der Waals surface area contributed by atoms with Gasteiger partial charge in [-0.1, -0.05) is 241 Å². The van der Waals surface area contributed by atoms with E-state index in [2.05, 4.69) is 222 Å². The molecule has 1 N–H and O–H groups in total. The van der Waals surface area contributed by atoms with Gasteiger partial charge in [0, 0.05) is 22.8 Å². The molecule has 10 rings (SSSR count). The lowest BCUT2D eigenvalue weighted by Crippen LogP contribution is -3.00. The third-order valence-corrected chi connectivity index (χ3v) is 21.6. The van der Waals surface area contributed by atoms with Gasteiger partial charge >= 0.3 is 9.33 Å². The van der Waals surface area contributed by atoms with Gasteiger partial charge in [0.1, 0.15) is 0 Å². The zero-order chi connectivity index (χ0) is 58.3. The summed E-state index contributed by atoms with van der Waals surface area (Å²) < 4.78 is 61.0. The summed E-state index contributed by atoms with van der Waals surface area (Å²) in [6.45, 7) is 13.6. The zero-order valence-electron chi connectivity index (χ0n) is 49.6. The van der Waals surface area contributed by atoms with Gasteiger partial charge in [-0.05, 0) is 139 Å². The summed E-state index contributed by atoms with van der Waals surface area (Å²) in [6.07, 6.45) is 27.0. The van der Waals surface area contributed by atoms with Crippen molar-refractivity contribution in [3.8, 4) is 0 Å². The summed E-state index contributed by atoms with van der Waals surface area (Å²) in [5, 5.41) is 0. The van der Waals surface area contributed by atoms with Gasteiger partial charge in [0.05, 0.1) is 21.8 Å². The second-order valence-corrected chi connectivity index (χ2v) is 31.8. The molecule has 4 aliphatic carbocycles. The third-order valence-electron chi connectivity index (χ3n) is 16.1. The largest absolute Gasteiger partial charge is 1.00 e. The van der Waals surface area contributed by atoms with Crippen LogP contribution < -0.4 is 17.0 Å². The van der Waals surface area contributed by atoms with Crippen molar-refractivity contribution >= 4 is 52.1 Å². The molecule has 4 aliphatic rings.